The van der Waals surface area contributed by atoms with Gasteiger partial charge in [0.15, 0.2) is 0 Å². The molecule has 2 rings (SSSR count). The molecule has 0 spiro atoms. The molecule has 1 aromatic carbocycles. The highest BCUT2D eigenvalue weighted by Crippen LogP contribution is 2.26. The van der Waals surface area contributed by atoms with E-state index < -0.39 is 5.97 Å². The maximum absolute atomic E-state index is 12.1. The van der Waals surface area contributed by atoms with Crippen LogP contribution in [0, 0.1) is 0 Å². The molecule has 106 valence electrons. The van der Waals surface area contributed by atoms with Crippen LogP contribution in [-0.4, -0.2) is 28.5 Å². The van der Waals surface area contributed by atoms with Crippen LogP contribution in [-0.2, 0) is 4.79 Å². The Morgan fingerprint density at radius 2 is 2.10 bits per heavy atom. The van der Waals surface area contributed by atoms with Crippen molar-refractivity contribution in [2.45, 2.75) is 19.3 Å². The largest absolute Gasteiger partial charge is 0.481 e. The number of carboxylic acid groups (broad SMARTS) is 1. The molecule has 1 amide bonds. The lowest BCUT2D eigenvalue weighted by molar-refractivity contribution is -0.137. The average molecular weight is 339 g/mol. The van der Waals surface area contributed by atoms with Crippen molar-refractivity contribution in [1.29, 1.82) is 0 Å². The molecule has 0 radical (unpaired) electrons. The second kappa shape index (κ2) is 6.56. The van der Waals surface area contributed by atoms with Crippen LogP contribution in [0.1, 0.15) is 29.6 Å². The Bertz CT molecular complexity index is 636. The quantitative estimate of drug-likeness (QED) is 0.708. The zero-order chi connectivity index (χ0) is 14.5. The topological polar surface area (TPSA) is 82.2 Å². The van der Waals surface area contributed by atoms with Crippen LogP contribution in [0.3, 0.4) is 0 Å². The Kier molecular flexibility index (Phi) is 4.79. The molecule has 1 heterocycles. The lowest BCUT2D eigenvalue weighted by atomic mass is 10.1. The number of aromatic amines is 1. The van der Waals surface area contributed by atoms with Crippen molar-refractivity contribution in [3.63, 3.8) is 0 Å². The number of unbranched alkanes of at least 4 members (excludes halogenated alkanes) is 1. The Morgan fingerprint density at radius 3 is 2.85 bits per heavy atom. The number of carbonyl (C=O) groups is 2. The molecule has 0 fully saturated rings. The first kappa shape index (κ1) is 14.6. The van der Waals surface area contributed by atoms with Gasteiger partial charge in [0.05, 0.1) is 5.56 Å². The minimum Gasteiger partial charge on any atom is -0.481 e. The van der Waals surface area contributed by atoms with Crippen molar-refractivity contribution in [2.24, 2.45) is 0 Å². The molecule has 0 atom stereocenters. The van der Waals surface area contributed by atoms with Crippen LogP contribution in [0.5, 0.6) is 0 Å². The van der Waals surface area contributed by atoms with E-state index in [1.807, 2.05) is 18.2 Å². The molecule has 1 aromatic heterocycles. The standard InChI is InChI=1S/C14H15BrN2O3/c15-10-4-3-5-11-13(10)9(8-17-11)14(20)16-7-2-1-6-12(18)19/h3-5,8,17H,1-2,6-7H2,(H,16,20)(H,18,19). The van der Waals surface area contributed by atoms with Crippen LogP contribution in [0.2, 0.25) is 0 Å². The molecule has 0 saturated carbocycles. The monoisotopic (exact) mass is 338 g/mol. The van der Waals surface area contributed by atoms with E-state index in [1.165, 1.54) is 0 Å². The summed E-state index contributed by atoms with van der Waals surface area (Å²) in [5.41, 5.74) is 1.49. The number of carboxylic acids is 1. The number of benzene rings is 1. The molecule has 0 aliphatic rings. The minimum atomic E-state index is -0.808. The van der Waals surface area contributed by atoms with Gasteiger partial charge < -0.3 is 15.4 Å². The second-order valence-electron chi connectivity index (χ2n) is 4.47. The van der Waals surface area contributed by atoms with Gasteiger partial charge in [-0.2, -0.15) is 0 Å². The number of amides is 1. The van der Waals surface area contributed by atoms with Gasteiger partial charge in [-0.1, -0.05) is 22.0 Å². The summed E-state index contributed by atoms with van der Waals surface area (Å²) in [5.74, 6) is -0.963. The average Bonchev–Trinajstić information content (AvgIpc) is 2.83. The zero-order valence-corrected chi connectivity index (χ0v) is 12.4. The maximum Gasteiger partial charge on any atom is 0.303 e. The van der Waals surface area contributed by atoms with Crippen molar-refractivity contribution in [3.05, 3.63) is 34.4 Å². The van der Waals surface area contributed by atoms with E-state index in [1.54, 1.807) is 6.20 Å². The molecule has 5 nitrogen and oxygen atoms in total. The van der Waals surface area contributed by atoms with Crippen molar-refractivity contribution < 1.29 is 14.7 Å². The molecule has 0 aliphatic heterocycles. The number of nitrogens with one attached hydrogen (secondary N) is 2. The molecule has 2 aromatic rings. The molecule has 20 heavy (non-hydrogen) atoms. The third kappa shape index (κ3) is 3.39. The van der Waals surface area contributed by atoms with E-state index in [2.05, 4.69) is 26.2 Å². The first-order chi connectivity index (χ1) is 9.59. The predicted octanol–water partition coefficient (Wildman–Crippen LogP) is 2.92. The highest BCUT2D eigenvalue weighted by Gasteiger charge is 2.13. The molecule has 0 unspecified atom stereocenters. The summed E-state index contributed by atoms with van der Waals surface area (Å²) in [6, 6.07) is 5.69. The molecule has 0 aliphatic carbocycles. The Morgan fingerprint density at radius 1 is 1.30 bits per heavy atom. The molecule has 0 bridgehead atoms. The van der Waals surface area contributed by atoms with Crippen LogP contribution < -0.4 is 5.32 Å². The normalized spacial score (nSPS) is 10.7. The first-order valence-electron chi connectivity index (χ1n) is 6.35. The Labute approximate surface area is 124 Å². The summed E-state index contributed by atoms with van der Waals surface area (Å²) in [6.07, 6.45) is 3.03. The number of hydrogen-bond acceptors (Lipinski definition) is 2. The SMILES string of the molecule is O=C(O)CCCCNC(=O)c1c[nH]c2cccc(Br)c12. The van der Waals surface area contributed by atoms with Gasteiger partial charge in [-0.25, -0.2) is 0 Å². The number of aromatic nitrogens is 1. The highest BCUT2D eigenvalue weighted by atomic mass is 79.9. The summed E-state index contributed by atoms with van der Waals surface area (Å²) in [5, 5.41) is 12.2. The maximum atomic E-state index is 12.1. The Balaban J connectivity index is 1.96. The zero-order valence-electron chi connectivity index (χ0n) is 10.8. The van der Waals surface area contributed by atoms with E-state index in [4.69, 9.17) is 5.11 Å². The van der Waals surface area contributed by atoms with Crippen LogP contribution in [0.15, 0.2) is 28.9 Å². The smallest absolute Gasteiger partial charge is 0.303 e. The third-order valence-corrected chi connectivity index (χ3v) is 3.66. The van der Waals surface area contributed by atoms with Gasteiger partial charge in [0.1, 0.15) is 0 Å². The molecule has 6 heteroatoms. The number of halogens is 1. The van der Waals surface area contributed by atoms with Gasteiger partial charge >= 0.3 is 5.97 Å². The van der Waals surface area contributed by atoms with Gasteiger partial charge in [-0.15, -0.1) is 0 Å². The van der Waals surface area contributed by atoms with Crippen LogP contribution in [0.25, 0.3) is 10.9 Å². The predicted molar refractivity (Wildman–Crippen MR) is 79.8 cm³/mol. The van der Waals surface area contributed by atoms with Crippen LogP contribution in [0.4, 0.5) is 0 Å². The minimum absolute atomic E-state index is 0.133. The first-order valence-corrected chi connectivity index (χ1v) is 7.14. The summed E-state index contributed by atoms with van der Waals surface area (Å²) in [7, 11) is 0. The highest BCUT2D eigenvalue weighted by molar-refractivity contribution is 9.10. The van der Waals surface area contributed by atoms with Gasteiger partial charge in [-0.3, -0.25) is 9.59 Å². The fraction of sp³-hybridized carbons (Fsp3) is 0.286. The fourth-order valence-electron chi connectivity index (χ4n) is 2.02. The van der Waals surface area contributed by atoms with Gasteiger partial charge in [0.25, 0.3) is 5.91 Å². The van der Waals surface area contributed by atoms with Gasteiger partial charge in [-0.05, 0) is 25.0 Å². The van der Waals surface area contributed by atoms with E-state index in [-0.39, 0.29) is 12.3 Å². The molecule has 0 saturated heterocycles. The van der Waals surface area contributed by atoms with Crippen molar-refractivity contribution in [2.75, 3.05) is 6.54 Å². The van der Waals surface area contributed by atoms with Crippen molar-refractivity contribution >= 4 is 38.7 Å². The van der Waals surface area contributed by atoms with Gasteiger partial charge in [0.2, 0.25) is 0 Å². The number of hydrogen-bond donors (Lipinski definition) is 3. The van der Waals surface area contributed by atoms with Crippen molar-refractivity contribution in [1.82, 2.24) is 10.3 Å². The second-order valence-corrected chi connectivity index (χ2v) is 5.33. The van der Waals surface area contributed by atoms with Crippen molar-refractivity contribution in [3.8, 4) is 0 Å². The number of fused-ring (bicyclic) bond motifs is 1. The molecule has 3 N–H and O–H groups in total. The summed E-state index contributed by atoms with van der Waals surface area (Å²) >= 11 is 3.44. The van der Waals surface area contributed by atoms with Gasteiger partial charge in [0, 0.05) is 34.5 Å². The Hall–Kier alpha value is -1.82. The van der Waals surface area contributed by atoms with E-state index in [0.717, 1.165) is 15.4 Å². The third-order valence-electron chi connectivity index (χ3n) is 3.00. The fourth-order valence-corrected chi connectivity index (χ4v) is 2.60. The van der Waals surface area contributed by atoms with E-state index in [9.17, 15) is 9.59 Å². The number of carbonyl (C=O) groups excluding carboxylic acids is 1. The van der Waals surface area contributed by atoms with E-state index >= 15 is 0 Å². The summed E-state index contributed by atoms with van der Waals surface area (Å²) in [4.78, 5) is 25.5. The molecular formula is C14H15BrN2O3. The lowest BCUT2D eigenvalue weighted by Crippen LogP contribution is -2.24. The number of H-pyrrole nitrogens is 1. The molecular weight excluding hydrogens is 324 g/mol. The number of aliphatic carboxylic acids is 1. The summed E-state index contributed by atoms with van der Waals surface area (Å²) in [6.45, 7) is 0.475. The number of rotatable bonds is 6. The van der Waals surface area contributed by atoms with Crippen LogP contribution >= 0.6 is 15.9 Å². The van der Waals surface area contributed by atoms with E-state index in [0.29, 0.717) is 24.9 Å². The summed E-state index contributed by atoms with van der Waals surface area (Å²) < 4.78 is 0.868. The lowest BCUT2D eigenvalue weighted by Gasteiger charge is -2.04.